The van der Waals surface area contributed by atoms with Gasteiger partial charge in [-0.3, -0.25) is 19.3 Å². The second kappa shape index (κ2) is 7.61. The van der Waals surface area contributed by atoms with Gasteiger partial charge in [-0.05, 0) is 39.3 Å². The van der Waals surface area contributed by atoms with Crippen molar-refractivity contribution in [1.29, 1.82) is 0 Å². The maximum Gasteiger partial charge on any atom is 0.306 e. The van der Waals surface area contributed by atoms with Crippen molar-refractivity contribution in [3.63, 3.8) is 0 Å². The molecule has 1 aromatic carbocycles. The lowest BCUT2D eigenvalue weighted by atomic mass is 10.1. The molecule has 2 heterocycles. The summed E-state index contributed by atoms with van der Waals surface area (Å²) in [6, 6.07) is 6.99. The molecule has 0 bridgehead atoms. The van der Waals surface area contributed by atoms with Gasteiger partial charge in [0.15, 0.2) is 6.10 Å². The van der Waals surface area contributed by atoms with Crippen molar-refractivity contribution in [3.05, 3.63) is 41.3 Å². The lowest BCUT2D eigenvalue weighted by Crippen LogP contribution is -2.47. The highest BCUT2D eigenvalue weighted by atomic mass is 16.5. The number of anilines is 2. The second-order valence-electron chi connectivity index (χ2n) is 6.42. The van der Waals surface area contributed by atoms with Gasteiger partial charge in [-0.2, -0.15) is 0 Å². The molecule has 142 valence electrons. The van der Waals surface area contributed by atoms with Crippen molar-refractivity contribution in [2.45, 2.75) is 39.7 Å². The van der Waals surface area contributed by atoms with Crippen LogP contribution < -0.4 is 10.2 Å². The van der Waals surface area contributed by atoms with Gasteiger partial charge in [0.2, 0.25) is 5.91 Å². The molecule has 0 unspecified atom stereocenters. The summed E-state index contributed by atoms with van der Waals surface area (Å²) in [4.78, 5) is 38.1. The number of para-hydroxylation sites is 2. The molecule has 0 radical (unpaired) electrons. The fraction of sp³-hybridized carbons (Fsp3) is 0.368. The molecular weight excluding hydrogens is 350 g/mol. The Balaban J connectivity index is 1.62. The fourth-order valence-electron chi connectivity index (χ4n) is 3.04. The van der Waals surface area contributed by atoms with E-state index in [-0.39, 0.29) is 18.9 Å². The summed E-state index contributed by atoms with van der Waals surface area (Å²) < 4.78 is 10.3. The molecule has 8 nitrogen and oxygen atoms in total. The van der Waals surface area contributed by atoms with E-state index in [1.807, 2.05) is 6.92 Å². The molecule has 3 rings (SSSR count). The summed E-state index contributed by atoms with van der Waals surface area (Å²) in [6.45, 7) is 4.98. The van der Waals surface area contributed by atoms with E-state index in [0.29, 0.717) is 23.6 Å². The molecule has 0 saturated heterocycles. The molecule has 0 aliphatic carbocycles. The van der Waals surface area contributed by atoms with E-state index in [1.54, 1.807) is 31.2 Å². The summed E-state index contributed by atoms with van der Waals surface area (Å²) in [5.74, 6) is -0.562. The Morgan fingerprint density at radius 1 is 1.33 bits per heavy atom. The predicted molar refractivity (Wildman–Crippen MR) is 97.3 cm³/mol. The minimum absolute atomic E-state index is 0.109. The van der Waals surface area contributed by atoms with E-state index in [1.165, 1.54) is 11.8 Å². The van der Waals surface area contributed by atoms with Crippen molar-refractivity contribution >= 4 is 29.2 Å². The zero-order valence-electron chi connectivity index (χ0n) is 15.4. The number of ether oxygens (including phenoxy) is 1. The average molecular weight is 371 g/mol. The van der Waals surface area contributed by atoms with Crippen molar-refractivity contribution in [2.75, 3.05) is 16.8 Å². The van der Waals surface area contributed by atoms with E-state index < -0.39 is 18.0 Å². The normalized spacial score (nSPS) is 14.3. The molecule has 2 aromatic rings. The number of carbonyl (C=O) groups is 3. The maximum atomic E-state index is 12.7. The number of fused-ring (bicyclic) bond motifs is 1. The molecular formula is C19H21N3O5. The van der Waals surface area contributed by atoms with Gasteiger partial charge in [0.1, 0.15) is 12.3 Å². The van der Waals surface area contributed by atoms with E-state index in [2.05, 4.69) is 10.5 Å². The van der Waals surface area contributed by atoms with Gasteiger partial charge in [-0.1, -0.05) is 17.3 Å². The molecule has 27 heavy (non-hydrogen) atoms. The zero-order chi connectivity index (χ0) is 19.6. The molecule has 1 aromatic heterocycles. The van der Waals surface area contributed by atoms with Gasteiger partial charge in [-0.25, -0.2) is 0 Å². The lowest BCUT2D eigenvalue weighted by molar-refractivity contribution is -0.153. The van der Waals surface area contributed by atoms with Crippen LogP contribution in [0.4, 0.5) is 11.4 Å². The Bertz CT molecular complexity index is 870. The van der Waals surface area contributed by atoms with Crippen LogP contribution in [-0.4, -0.2) is 35.6 Å². The van der Waals surface area contributed by atoms with E-state index >= 15 is 0 Å². The highest BCUT2D eigenvalue weighted by Gasteiger charge is 2.31. The van der Waals surface area contributed by atoms with Crippen LogP contribution in [0.2, 0.25) is 0 Å². The Kier molecular flexibility index (Phi) is 5.25. The summed E-state index contributed by atoms with van der Waals surface area (Å²) >= 11 is 0. The molecule has 1 aliphatic rings. The molecule has 0 saturated carbocycles. The van der Waals surface area contributed by atoms with Crippen molar-refractivity contribution in [3.8, 4) is 0 Å². The molecule has 1 aliphatic heterocycles. The van der Waals surface area contributed by atoms with Crippen LogP contribution in [0, 0.1) is 13.8 Å². The number of hydrogen-bond acceptors (Lipinski definition) is 6. The first-order chi connectivity index (χ1) is 12.9. The smallest absolute Gasteiger partial charge is 0.306 e. The third-order valence-corrected chi connectivity index (χ3v) is 4.45. The summed E-state index contributed by atoms with van der Waals surface area (Å²) in [5, 5.41) is 6.56. The predicted octanol–water partition coefficient (Wildman–Crippen LogP) is 2.14. The van der Waals surface area contributed by atoms with Crippen LogP contribution in [0.15, 0.2) is 28.8 Å². The number of esters is 1. The average Bonchev–Trinajstić information content (AvgIpc) is 2.96. The molecule has 8 heteroatoms. The first-order valence-electron chi connectivity index (χ1n) is 8.68. The van der Waals surface area contributed by atoms with Crippen LogP contribution in [0.5, 0.6) is 0 Å². The van der Waals surface area contributed by atoms with E-state index in [9.17, 15) is 14.4 Å². The number of hydrogen-bond donors (Lipinski definition) is 1. The van der Waals surface area contributed by atoms with Gasteiger partial charge in [0, 0.05) is 12.0 Å². The maximum absolute atomic E-state index is 12.7. The lowest BCUT2D eigenvalue weighted by Gasteiger charge is -2.30. The van der Waals surface area contributed by atoms with Crippen molar-refractivity contribution < 1.29 is 23.6 Å². The molecule has 0 spiro atoms. The number of nitrogens with one attached hydrogen (secondary N) is 1. The number of benzene rings is 1. The van der Waals surface area contributed by atoms with Crippen LogP contribution in [0.25, 0.3) is 0 Å². The quantitative estimate of drug-likeness (QED) is 0.808. The number of amides is 2. The van der Waals surface area contributed by atoms with E-state index in [4.69, 9.17) is 9.26 Å². The monoisotopic (exact) mass is 371 g/mol. The zero-order valence-corrected chi connectivity index (χ0v) is 15.4. The number of rotatable bonds is 5. The van der Waals surface area contributed by atoms with Crippen LogP contribution in [0.1, 0.15) is 30.4 Å². The van der Waals surface area contributed by atoms with Gasteiger partial charge in [0.25, 0.3) is 5.91 Å². The van der Waals surface area contributed by atoms with E-state index in [0.717, 1.165) is 11.3 Å². The van der Waals surface area contributed by atoms with Crippen molar-refractivity contribution in [2.24, 2.45) is 0 Å². The second-order valence-corrected chi connectivity index (χ2v) is 6.42. The Morgan fingerprint density at radius 2 is 2.07 bits per heavy atom. The van der Waals surface area contributed by atoms with Crippen molar-refractivity contribution in [1.82, 2.24) is 5.16 Å². The number of aryl methyl sites for hydroxylation is 2. The van der Waals surface area contributed by atoms with Gasteiger partial charge in [-0.15, -0.1) is 0 Å². The van der Waals surface area contributed by atoms with Gasteiger partial charge in [0.05, 0.1) is 17.1 Å². The third kappa shape index (κ3) is 3.99. The Hall–Kier alpha value is -3.16. The highest BCUT2D eigenvalue weighted by molar-refractivity contribution is 6.11. The summed E-state index contributed by atoms with van der Waals surface area (Å²) in [7, 11) is 0. The summed E-state index contributed by atoms with van der Waals surface area (Å²) in [6.07, 6.45) is -0.464. The number of aromatic nitrogens is 1. The molecule has 2 amide bonds. The highest BCUT2D eigenvalue weighted by Crippen LogP contribution is 2.29. The molecule has 1 N–H and O–H groups in total. The largest absolute Gasteiger partial charge is 0.453 e. The van der Waals surface area contributed by atoms with Crippen LogP contribution in [-0.2, 0) is 25.5 Å². The molecule has 0 fully saturated rings. The fourth-order valence-corrected chi connectivity index (χ4v) is 3.04. The number of carbonyl (C=O) groups excluding carboxylic acids is 3. The van der Waals surface area contributed by atoms with Crippen LogP contribution in [0.3, 0.4) is 0 Å². The third-order valence-electron chi connectivity index (χ3n) is 4.45. The number of nitrogens with zero attached hydrogens (tertiary/aromatic N) is 2. The van der Waals surface area contributed by atoms with Crippen LogP contribution >= 0.6 is 0 Å². The minimum Gasteiger partial charge on any atom is -0.453 e. The van der Waals surface area contributed by atoms with Gasteiger partial charge >= 0.3 is 5.97 Å². The Labute approximate surface area is 156 Å². The Morgan fingerprint density at radius 3 is 2.78 bits per heavy atom. The van der Waals surface area contributed by atoms with Gasteiger partial charge < -0.3 is 14.6 Å². The first kappa shape index (κ1) is 18.6. The summed E-state index contributed by atoms with van der Waals surface area (Å²) in [5.41, 5.74) is 2.74. The SMILES string of the molecule is Cc1noc(C)c1CCC(=O)O[C@H](C)C(=O)N1CC(=O)Nc2ccccc21. The topological polar surface area (TPSA) is 102 Å². The first-order valence-corrected chi connectivity index (χ1v) is 8.68. The minimum atomic E-state index is -0.999. The molecule has 1 atom stereocenters. The standard InChI is InChI=1S/C19H21N3O5/c1-11-14(12(2)27-21-11)8-9-18(24)26-13(3)19(25)22-10-17(23)20-15-6-4-5-7-16(15)22/h4-7,13H,8-10H2,1-3H3,(H,20,23)/t13-/m1/s1.